The summed E-state index contributed by atoms with van der Waals surface area (Å²) in [5, 5.41) is 0. The van der Waals surface area contributed by atoms with E-state index in [1.54, 1.807) is 31.2 Å². The Kier molecular flexibility index (Phi) is 6.37. The lowest BCUT2D eigenvalue weighted by molar-refractivity contribution is 0.00578. The van der Waals surface area contributed by atoms with E-state index >= 15 is 0 Å². The molecule has 0 amide bonds. The maximum atomic E-state index is 14.5. The second-order valence-corrected chi connectivity index (χ2v) is 10.4. The number of carbonyl (C=O) groups excluding carboxylic acids is 1. The van der Waals surface area contributed by atoms with Crippen LogP contribution in [0, 0.1) is 12.7 Å². The van der Waals surface area contributed by atoms with Gasteiger partial charge < -0.3 is 9.31 Å². The first kappa shape index (κ1) is 22.9. The van der Waals surface area contributed by atoms with Gasteiger partial charge >= 0.3 is 7.12 Å². The van der Waals surface area contributed by atoms with Gasteiger partial charge in [-0.05, 0) is 63.3 Å². The van der Waals surface area contributed by atoms with Crippen LogP contribution < -0.4 is 5.46 Å². The maximum absolute atomic E-state index is 14.5. The molecule has 1 aliphatic rings. The van der Waals surface area contributed by atoms with E-state index < -0.39 is 40.7 Å². The largest absolute Gasteiger partial charge is 0.495 e. The number of benzene rings is 2. The first-order valence-electron chi connectivity index (χ1n) is 10.1. The molecule has 30 heavy (non-hydrogen) atoms. The van der Waals surface area contributed by atoms with E-state index in [9.17, 15) is 13.4 Å². The SMILES string of the molecule is CCS(=O)Cc1ccc(C(=O)c2ccc(C)cc2F)c(B2OC(C)(C)C(C)(C)O2)c1. The van der Waals surface area contributed by atoms with Gasteiger partial charge in [0, 0.05) is 27.9 Å². The first-order chi connectivity index (χ1) is 13.9. The average molecular weight is 430 g/mol. The Balaban J connectivity index is 2.08. The van der Waals surface area contributed by atoms with Crippen LogP contribution in [0.2, 0.25) is 0 Å². The minimum absolute atomic E-state index is 0.00301. The molecular formula is C23H28BFO4S. The van der Waals surface area contributed by atoms with Crippen LogP contribution in [0.25, 0.3) is 0 Å². The standard InChI is InChI=1S/C23H28BFO4S/c1-7-30(27)14-16-9-11-17(21(26)18-10-8-15(2)12-20(18)25)19(13-16)24-28-22(3,4)23(5,6)29-24/h8-13H,7,14H2,1-6H3. The van der Waals surface area contributed by atoms with Gasteiger partial charge in [-0.3, -0.25) is 9.00 Å². The molecule has 2 aromatic carbocycles. The lowest BCUT2D eigenvalue weighted by atomic mass is 9.73. The Labute approximate surface area is 180 Å². The van der Waals surface area contributed by atoms with E-state index in [4.69, 9.17) is 9.31 Å². The van der Waals surface area contributed by atoms with Crippen molar-refractivity contribution in [3.05, 3.63) is 64.5 Å². The Bertz CT molecular complexity index is 987. The van der Waals surface area contributed by atoms with Gasteiger partial charge in [-0.15, -0.1) is 0 Å². The molecule has 1 heterocycles. The third-order valence-electron chi connectivity index (χ3n) is 5.89. The Morgan fingerprint density at radius 1 is 1.03 bits per heavy atom. The third-order valence-corrected chi connectivity index (χ3v) is 7.19. The van der Waals surface area contributed by atoms with Crippen molar-refractivity contribution < 1.29 is 22.7 Å². The summed E-state index contributed by atoms with van der Waals surface area (Å²) in [6, 6.07) is 9.78. The van der Waals surface area contributed by atoms with Crippen LogP contribution in [0.1, 0.15) is 61.7 Å². The average Bonchev–Trinajstić information content (AvgIpc) is 2.88. The highest BCUT2D eigenvalue weighted by Gasteiger charge is 2.52. The molecule has 7 heteroatoms. The fraction of sp³-hybridized carbons (Fsp3) is 0.435. The van der Waals surface area contributed by atoms with Crippen molar-refractivity contribution in [1.29, 1.82) is 0 Å². The van der Waals surface area contributed by atoms with Gasteiger partial charge in [-0.25, -0.2) is 4.39 Å². The molecule has 1 unspecified atom stereocenters. The van der Waals surface area contributed by atoms with Crippen molar-refractivity contribution in [1.82, 2.24) is 0 Å². The number of hydrogen-bond acceptors (Lipinski definition) is 4. The van der Waals surface area contributed by atoms with E-state index in [1.165, 1.54) is 12.1 Å². The molecule has 2 aromatic rings. The Morgan fingerprint density at radius 2 is 1.63 bits per heavy atom. The first-order valence-corrected chi connectivity index (χ1v) is 11.6. The van der Waals surface area contributed by atoms with Gasteiger partial charge in [-0.1, -0.05) is 31.2 Å². The summed E-state index contributed by atoms with van der Waals surface area (Å²) in [6.45, 7) is 11.4. The zero-order valence-electron chi connectivity index (χ0n) is 18.4. The molecule has 1 aliphatic heterocycles. The fourth-order valence-corrected chi connectivity index (χ4v) is 4.07. The zero-order valence-corrected chi connectivity index (χ0v) is 19.2. The highest BCUT2D eigenvalue weighted by Crippen LogP contribution is 2.37. The van der Waals surface area contributed by atoms with Crippen LogP contribution in [0.15, 0.2) is 36.4 Å². The number of halogens is 1. The summed E-state index contributed by atoms with van der Waals surface area (Å²) in [5.41, 5.74) is 1.24. The topological polar surface area (TPSA) is 52.6 Å². The summed E-state index contributed by atoms with van der Waals surface area (Å²) in [5.74, 6) is -0.0753. The van der Waals surface area contributed by atoms with E-state index in [0.717, 1.165) is 11.1 Å². The van der Waals surface area contributed by atoms with Crippen molar-refractivity contribution >= 4 is 29.2 Å². The van der Waals surface area contributed by atoms with Gasteiger partial charge in [-0.2, -0.15) is 0 Å². The molecule has 0 aromatic heterocycles. The van der Waals surface area contributed by atoms with Crippen molar-refractivity contribution in [2.24, 2.45) is 0 Å². The number of rotatable bonds is 6. The quantitative estimate of drug-likeness (QED) is 0.515. The van der Waals surface area contributed by atoms with Crippen molar-refractivity contribution in [2.45, 2.75) is 58.5 Å². The highest BCUT2D eigenvalue weighted by atomic mass is 32.2. The van der Waals surface area contributed by atoms with E-state index in [0.29, 0.717) is 22.5 Å². The molecule has 0 saturated carbocycles. The number of carbonyl (C=O) groups is 1. The minimum atomic E-state index is -1.00. The predicted molar refractivity (Wildman–Crippen MR) is 119 cm³/mol. The smallest absolute Gasteiger partial charge is 0.399 e. The summed E-state index contributed by atoms with van der Waals surface area (Å²) < 4.78 is 38.9. The molecule has 3 rings (SSSR count). The van der Waals surface area contributed by atoms with Crippen LogP contribution in [-0.4, -0.2) is 34.1 Å². The highest BCUT2D eigenvalue weighted by molar-refractivity contribution is 7.84. The molecule has 160 valence electrons. The number of hydrogen-bond donors (Lipinski definition) is 0. The molecular weight excluding hydrogens is 402 g/mol. The van der Waals surface area contributed by atoms with Crippen LogP contribution in [0.5, 0.6) is 0 Å². The molecule has 4 nitrogen and oxygen atoms in total. The molecule has 0 bridgehead atoms. The summed E-state index contributed by atoms with van der Waals surface area (Å²) in [6.07, 6.45) is 0. The van der Waals surface area contributed by atoms with E-state index in [2.05, 4.69) is 0 Å². The Morgan fingerprint density at radius 3 is 2.20 bits per heavy atom. The molecule has 0 spiro atoms. The maximum Gasteiger partial charge on any atom is 0.495 e. The summed E-state index contributed by atoms with van der Waals surface area (Å²) in [7, 11) is -1.78. The zero-order chi connectivity index (χ0) is 22.3. The second kappa shape index (κ2) is 8.37. The Hall–Kier alpha value is -1.83. The molecule has 1 atom stereocenters. The van der Waals surface area contributed by atoms with Crippen molar-refractivity contribution in [3.63, 3.8) is 0 Å². The minimum Gasteiger partial charge on any atom is -0.399 e. The second-order valence-electron chi connectivity index (χ2n) is 8.70. The van der Waals surface area contributed by atoms with Gasteiger partial charge in [0.2, 0.25) is 0 Å². The van der Waals surface area contributed by atoms with Crippen LogP contribution in [0.4, 0.5) is 4.39 Å². The fourth-order valence-electron chi connectivity index (χ4n) is 3.31. The van der Waals surface area contributed by atoms with Gasteiger partial charge in [0.15, 0.2) is 5.78 Å². The van der Waals surface area contributed by atoms with Crippen molar-refractivity contribution in [3.8, 4) is 0 Å². The lowest BCUT2D eigenvalue weighted by Crippen LogP contribution is -2.41. The molecule has 0 radical (unpaired) electrons. The molecule has 1 fully saturated rings. The van der Waals surface area contributed by atoms with Gasteiger partial charge in [0.1, 0.15) is 5.82 Å². The third kappa shape index (κ3) is 4.43. The van der Waals surface area contributed by atoms with E-state index in [1.807, 2.05) is 34.6 Å². The van der Waals surface area contributed by atoms with Crippen LogP contribution in [0.3, 0.4) is 0 Å². The monoisotopic (exact) mass is 430 g/mol. The van der Waals surface area contributed by atoms with Crippen LogP contribution in [-0.2, 0) is 25.9 Å². The van der Waals surface area contributed by atoms with Gasteiger partial charge in [0.25, 0.3) is 0 Å². The lowest BCUT2D eigenvalue weighted by Gasteiger charge is -2.32. The normalized spacial score (nSPS) is 18.4. The molecule has 0 N–H and O–H groups in total. The van der Waals surface area contributed by atoms with Gasteiger partial charge in [0.05, 0.1) is 16.8 Å². The summed E-state index contributed by atoms with van der Waals surface area (Å²) >= 11 is 0. The van der Waals surface area contributed by atoms with Crippen LogP contribution >= 0.6 is 0 Å². The summed E-state index contributed by atoms with van der Waals surface area (Å²) in [4.78, 5) is 13.3. The number of ketones is 1. The van der Waals surface area contributed by atoms with E-state index in [-0.39, 0.29) is 5.56 Å². The number of aryl methyl sites for hydroxylation is 1. The van der Waals surface area contributed by atoms with Crippen molar-refractivity contribution in [2.75, 3.05) is 5.75 Å². The predicted octanol–water partition coefficient (Wildman–Crippen LogP) is 3.93. The molecule has 0 aliphatic carbocycles. The molecule has 1 saturated heterocycles.